The van der Waals surface area contributed by atoms with Gasteiger partial charge in [0.15, 0.2) is 0 Å². The van der Waals surface area contributed by atoms with Crippen LogP contribution < -0.4 is 5.56 Å². The van der Waals surface area contributed by atoms with Gasteiger partial charge in [0.05, 0.1) is 5.88 Å². The van der Waals surface area contributed by atoms with Gasteiger partial charge in [-0.25, -0.2) is 13.6 Å². The Balaban J connectivity index is 3.50. The van der Waals surface area contributed by atoms with E-state index in [0.29, 0.717) is 0 Å². The average molecular weight is 238 g/mol. The first-order chi connectivity index (χ1) is 6.97. The Morgan fingerprint density at radius 1 is 1.60 bits per heavy atom. The van der Waals surface area contributed by atoms with Crippen LogP contribution in [0.5, 0.6) is 0 Å². The Morgan fingerprint density at radius 2 is 2.20 bits per heavy atom. The van der Waals surface area contributed by atoms with Gasteiger partial charge in [0.25, 0.3) is 12.0 Å². The number of carboxylic acid groups (broad SMARTS) is 1. The number of alkyl halides is 3. The minimum atomic E-state index is -3.03. The second-order valence-corrected chi connectivity index (χ2v) is 2.96. The Morgan fingerprint density at radius 3 is 2.60 bits per heavy atom. The predicted molar refractivity (Wildman–Crippen MR) is 48.5 cm³/mol. The molecule has 0 aliphatic carbocycles. The molecular formula is C8H6ClF2NO3. The highest BCUT2D eigenvalue weighted by atomic mass is 35.5. The van der Waals surface area contributed by atoms with Gasteiger partial charge in [-0.3, -0.25) is 4.79 Å². The molecule has 0 atom stereocenters. The maximum atomic E-state index is 12.4. The fourth-order valence-corrected chi connectivity index (χ4v) is 1.24. The van der Waals surface area contributed by atoms with E-state index >= 15 is 0 Å². The average Bonchev–Trinajstić information content (AvgIpc) is 2.15. The highest BCUT2D eigenvalue weighted by molar-refractivity contribution is 6.16. The van der Waals surface area contributed by atoms with E-state index in [1.807, 2.05) is 0 Å². The van der Waals surface area contributed by atoms with E-state index in [4.69, 9.17) is 16.7 Å². The van der Waals surface area contributed by atoms with Gasteiger partial charge in [-0.1, -0.05) is 0 Å². The van der Waals surface area contributed by atoms with Crippen LogP contribution in [0.15, 0.2) is 10.9 Å². The van der Waals surface area contributed by atoms with Crippen LogP contribution in [0.25, 0.3) is 0 Å². The van der Waals surface area contributed by atoms with Crippen LogP contribution in [0.4, 0.5) is 8.78 Å². The molecular weight excluding hydrogens is 232 g/mol. The third kappa shape index (κ3) is 2.33. The van der Waals surface area contributed by atoms with Crippen LogP contribution in [0.1, 0.15) is 28.0 Å². The van der Waals surface area contributed by atoms with Crippen molar-refractivity contribution in [3.8, 4) is 0 Å². The Labute approximate surface area is 87.5 Å². The third-order valence-corrected chi connectivity index (χ3v) is 2.00. The van der Waals surface area contributed by atoms with E-state index in [1.54, 1.807) is 0 Å². The van der Waals surface area contributed by atoms with Crippen molar-refractivity contribution >= 4 is 17.6 Å². The van der Waals surface area contributed by atoms with Gasteiger partial charge in [0.2, 0.25) is 0 Å². The fourth-order valence-electron chi connectivity index (χ4n) is 1.10. The molecule has 0 bridgehead atoms. The van der Waals surface area contributed by atoms with Gasteiger partial charge in [0.1, 0.15) is 5.56 Å². The molecule has 15 heavy (non-hydrogen) atoms. The zero-order valence-electron chi connectivity index (χ0n) is 7.26. The van der Waals surface area contributed by atoms with Crippen molar-refractivity contribution in [3.63, 3.8) is 0 Å². The van der Waals surface area contributed by atoms with Gasteiger partial charge >= 0.3 is 5.97 Å². The molecule has 0 amide bonds. The number of aromatic nitrogens is 1. The highest BCUT2D eigenvalue weighted by Crippen LogP contribution is 2.21. The van der Waals surface area contributed by atoms with Crippen LogP contribution in [0.3, 0.4) is 0 Å². The highest BCUT2D eigenvalue weighted by Gasteiger charge is 2.22. The van der Waals surface area contributed by atoms with Crippen molar-refractivity contribution in [1.29, 1.82) is 0 Å². The van der Waals surface area contributed by atoms with Crippen LogP contribution >= 0.6 is 11.6 Å². The minimum Gasteiger partial charge on any atom is -0.477 e. The molecule has 7 heteroatoms. The monoisotopic (exact) mass is 237 g/mol. The number of hydrogen-bond donors (Lipinski definition) is 2. The molecule has 82 valence electrons. The zero-order chi connectivity index (χ0) is 11.6. The first kappa shape index (κ1) is 11.6. The lowest BCUT2D eigenvalue weighted by molar-refractivity contribution is 0.0682. The number of nitrogens with one attached hydrogen (secondary N) is 1. The van der Waals surface area contributed by atoms with Crippen molar-refractivity contribution in [2.24, 2.45) is 0 Å². The molecule has 0 fully saturated rings. The van der Waals surface area contributed by atoms with Crippen LogP contribution in [0, 0.1) is 0 Å². The summed E-state index contributed by atoms with van der Waals surface area (Å²) in [6.45, 7) is 0. The van der Waals surface area contributed by atoms with E-state index in [2.05, 4.69) is 4.98 Å². The molecule has 2 N–H and O–H groups in total. The summed E-state index contributed by atoms with van der Waals surface area (Å²) in [7, 11) is 0. The lowest BCUT2D eigenvalue weighted by atomic mass is 10.1. The summed E-state index contributed by atoms with van der Waals surface area (Å²) in [6.07, 6.45) is -3.03. The molecule has 1 rings (SSSR count). The van der Waals surface area contributed by atoms with E-state index in [0.717, 1.165) is 6.07 Å². The largest absolute Gasteiger partial charge is 0.477 e. The summed E-state index contributed by atoms with van der Waals surface area (Å²) in [5.74, 6) is -1.86. The number of rotatable bonds is 3. The number of carbonyl (C=O) groups is 1. The van der Waals surface area contributed by atoms with Crippen molar-refractivity contribution in [1.82, 2.24) is 4.98 Å². The zero-order valence-corrected chi connectivity index (χ0v) is 8.02. The van der Waals surface area contributed by atoms with E-state index in [9.17, 15) is 18.4 Å². The third-order valence-electron chi connectivity index (χ3n) is 1.71. The van der Waals surface area contributed by atoms with Crippen LogP contribution in [-0.2, 0) is 5.88 Å². The molecule has 0 aliphatic heterocycles. The maximum Gasteiger partial charge on any atom is 0.341 e. The molecule has 0 unspecified atom stereocenters. The molecule has 0 saturated carbocycles. The molecule has 1 heterocycles. The Bertz CT molecular complexity index is 444. The first-order valence-electron chi connectivity index (χ1n) is 3.81. The maximum absolute atomic E-state index is 12.4. The van der Waals surface area contributed by atoms with Gasteiger partial charge in [-0.05, 0) is 6.07 Å². The summed E-state index contributed by atoms with van der Waals surface area (Å²) >= 11 is 5.35. The summed E-state index contributed by atoms with van der Waals surface area (Å²) in [4.78, 5) is 23.8. The summed E-state index contributed by atoms with van der Waals surface area (Å²) < 4.78 is 24.9. The second kappa shape index (κ2) is 4.39. The standard InChI is InChI=1S/C8H6ClF2NO3/c9-2-3-1-4(6(10)11)5(8(14)15)7(13)12-3/h1,6H,2H2,(H,12,13)(H,14,15). The van der Waals surface area contributed by atoms with Crippen LogP contribution in [-0.4, -0.2) is 16.1 Å². The SMILES string of the molecule is O=C(O)c1c(C(F)F)cc(CCl)[nH]c1=O. The van der Waals surface area contributed by atoms with Crippen molar-refractivity contribution in [3.05, 3.63) is 33.2 Å². The number of halogens is 3. The van der Waals surface area contributed by atoms with Gasteiger partial charge in [-0.15, -0.1) is 11.6 Å². The predicted octanol–water partition coefficient (Wildman–Crippen LogP) is 1.75. The van der Waals surface area contributed by atoms with Crippen molar-refractivity contribution in [2.75, 3.05) is 0 Å². The van der Waals surface area contributed by atoms with E-state index in [1.165, 1.54) is 0 Å². The summed E-state index contributed by atoms with van der Waals surface area (Å²) in [5, 5.41) is 8.57. The Hall–Kier alpha value is -1.43. The summed E-state index contributed by atoms with van der Waals surface area (Å²) in [5.41, 5.74) is -2.78. The van der Waals surface area contributed by atoms with Gasteiger partial charge in [-0.2, -0.15) is 0 Å². The lowest BCUT2D eigenvalue weighted by Crippen LogP contribution is -2.22. The number of aromatic carboxylic acids is 1. The van der Waals surface area contributed by atoms with E-state index < -0.39 is 29.1 Å². The number of pyridine rings is 1. The van der Waals surface area contributed by atoms with E-state index in [-0.39, 0.29) is 11.6 Å². The number of hydrogen-bond acceptors (Lipinski definition) is 2. The number of aromatic amines is 1. The number of carboxylic acids is 1. The fraction of sp³-hybridized carbons (Fsp3) is 0.250. The first-order valence-corrected chi connectivity index (χ1v) is 4.34. The van der Waals surface area contributed by atoms with Crippen molar-refractivity contribution < 1.29 is 18.7 Å². The smallest absolute Gasteiger partial charge is 0.341 e. The molecule has 0 saturated heterocycles. The molecule has 0 spiro atoms. The topological polar surface area (TPSA) is 70.2 Å². The number of H-pyrrole nitrogens is 1. The van der Waals surface area contributed by atoms with Crippen molar-refractivity contribution in [2.45, 2.75) is 12.3 Å². The summed E-state index contributed by atoms with van der Waals surface area (Å²) in [6, 6.07) is 0.878. The molecule has 0 aromatic carbocycles. The normalized spacial score (nSPS) is 10.7. The minimum absolute atomic E-state index is 0.0574. The quantitative estimate of drug-likeness (QED) is 0.787. The molecule has 4 nitrogen and oxygen atoms in total. The molecule has 1 aromatic rings. The Kier molecular flexibility index (Phi) is 3.41. The molecule has 0 aliphatic rings. The van der Waals surface area contributed by atoms with Gasteiger partial charge < -0.3 is 10.1 Å². The second-order valence-electron chi connectivity index (χ2n) is 2.69. The van der Waals surface area contributed by atoms with Gasteiger partial charge in [0, 0.05) is 11.3 Å². The van der Waals surface area contributed by atoms with Crippen LogP contribution in [0.2, 0.25) is 0 Å². The molecule has 0 radical (unpaired) electrons. The molecule has 1 aromatic heterocycles. The lowest BCUT2D eigenvalue weighted by Gasteiger charge is -2.05.